The van der Waals surface area contributed by atoms with Gasteiger partial charge in [0.1, 0.15) is 35.2 Å². The molecule has 2 aromatic heterocycles. The van der Waals surface area contributed by atoms with E-state index in [1.165, 1.54) is 12.1 Å². The van der Waals surface area contributed by atoms with Crippen molar-refractivity contribution in [3.63, 3.8) is 0 Å². The van der Waals surface area contributed by atoms with E-state index in [0.717, 1.165) is 11.8 Å². The number of amides is 2. The summed E-state index contributed by atoms with van der Waals surface area (Å²) in [5, 5.41) is 4.27. The number of urea groups is 1. The van der Waals surface area contributed by atoms with Crippen LogP contribution in [0.25, 0.3) is 0 Å². The van der Waals surface area contributed by atoms with E-state index in [1.54, 1.807) is 25.3 Å². The van der Waals surface area contributed by atoms with Crippen molar-refractivity contribution in [3.05, 3.63) is 66.1 Å². The first-order valence-corrected chi connectivity index (χ1v) is 8.08. The molecule has 0 bridgehead atoms. The normalized spacial score (nSPS) is 11.1. The highest BCUT2D eigenvalue weighted by molar-refractivity contribution is 5.99. The van der Waals surface area contributed by atoms with Gasteiger partial charge in [0, 0.05) is 30.1 Å². The summed E-state index contributed by atoms with van der Waals surface area (Å²) in [7, 11) is 0. The molecule has 0 saturated carbocycles. The highest BCUT2D eigenvalue weighted by atomic mass is 19.4. The van der Waals surface area contributed by atoms with Crippen LogP contribution < -0.4 is 15.4 Å². The van der Waals surface area contributed by atoms with Crippen LogP contribution >= 0.6 is 0 Å². The van der Waals surface area contributed by atoms with Gasteiger partial charge < -0.3 is 10.1 Å². The van der Waals surface area contributed by atoms with Gasteiger partial charge >= 0.3 is 12.2 Å². The second kappa shape index (κ2) is 8.09. The summed E-state index contributed by atoms with van der Waals surface area (Å²) in [4.78, 5) is 22.6. The van der Waals surface area contributed by atoms with Crippen LogP contribution in [0.2, 0.25) is 0 Å². The fourth-order valence-electron chi connectivity index (χ4n) is 2.23. The number of pyridine rings is 1. The van der Waals surface area contributed by atoms with Gasteiger partial charge in [-0.25, -0.2) is 19.2 Å². The number of aryl methyl sites for hydroxylation is 1. The van der Waals surface area contributed by atoms with Gasteiger partial charge in [0.2, 0.25) is 0 Å². The van der Waals surface area contributed by atoms with Crippen molar-refractivity contribution in [3.8, 4) is 11.5 Å². The number of benzene rings is 1. The SMILES string of the molecule is Cc1cc(Oc2ccc(NC(=O)Nc3cc(C(F)(F)F)ncn3)c(F)c2)ccn1. The van der Waals surface area contributed by atoms with Gasteiger partial charge in [-0.2, -0.15) is 13.2 Å². The van der Waals surface area contributed by atoms with Crippen LogP contribution in [0.4, 0.5) is 33.9 Å². The Morgan fingerprint density at radius 3 is 2.45 bits per heavy atom. The van der Waals surface area contributed by atoms with Crippen LogP contribution in [-0.2, 0) is 6.18 Å². The van der Waals surface area contributed by atoms with Crippen molar-refractivity contribution in [2.75, 3.05) is 10.6 Å². The molecule has 2 N–H and O–H groups in total. The average Bonchev–Trinajstić information content (AvgIpc) is 2.63. The Bertz CT molecular complexity index is 1040. The zero-order chi connectivity index (χ0) is 21.0. The molecule has 0 aliphatic heterocycles. The molecule has 0 saturated heterocycles. The molecule has 0 atom stereocenters. The molecule has 29 heavy (non-hydrogen) atoms. The number of nitrogens with one attached hydrogen (secondary N) is 2. The van der Waals surface area contributed by atoms with E-state index in [2.05, 4.69) is 25.6 Å². The Labute approximate surface area is 161 Å². The van der Waals surface area contributed by atoms with E-state index in [9.17, 15) is 22.4 Å². The Hall–Kier alpha value is -3.76. The van der Waals surface area contributed by atoms with Crippen LogP contribution in [0, 0.1) is 12.7 Å². The van der Waals surface area contributed by atoms with Gasteiger partial charge in [-0.1, -0.05) is 0 Å². The minimum absolute atomic E-state index is 0.185. The van der Waals surface area contributed by atoms with E-state index in [-0.39, 0.29) is 11.4 Å². The number of alkyl halides is 3. The summed E-state index contributed by atoms with van der Waals surface area (Å²) in [5.41, 5.74) is -0.705. The lowest BCUT2D eigenvalue weighted by atomic mass is 10.3. The highest BCUT2D eigenvalue weighted by Crippen LogP contribution is 2.28. The maximum Gasteiger partial charge on any atom is 0.433 e. The maximum atomic E-state index is 14.2. The van der Waals surface area contributed by atoms with Crippen LogP contribution in [0.1, 0.15) is 11.4 Å². The predicted molar refractivity (Wildman–Crippen MR) is 95.1 cm³/mol. The van der Waals surface area contributed by atoms with Crippen molar-refractivity contribution < 1.29 is 27.1 Å². The Kier molecular flexibility index (Phi) is 5.57. The number of ether oxygens (including phenoxy) is 1. The molecular formula is C18H13F4N5O2. The van der Waals surface area contributed by atoms with E-state index < -0.39 is 29.5 Å². The lowest BCUT2D eigenvalue weighted by Gasteiger charge is -2.11. The molecule has 0 aliphatic carbocycles. The molecule has 0 fully saturated rings. The van der Waals surface area contributed by atoms with Crippen LogP contribution in [0.15, 0.2) is 48.9 Å². The standard InChI is InChI=1S/C18H13F4N5O2/c1-10-6-12(4-5-23-10)29-11-2-3-14(13(19)7-11)26-17(28)27-16-8-15(18(20,21)22)24-9-25-16/h2-9H,1H3,(H2,24,25,26,27,28). The first-order valence-electron chi connectivity index (χ1n) is 8.08. The summed E-state index contributed by atoms with van der Waals surface area (Å²) >= 11 is 0. The number of halogens is 4. The average molecular weight is 407 g/mol. The summed E-state index contributed by atoms with van der Waals surface area (Å²) in [6.07, 6.45) is -2.49. The third-order valence-electron chi connectivity index (χ3n) is 3.49. The van der Waals surface area contributed by atoms with Gasteiger partial charge in [-0.3, -0.25) is 10.3 Å². The Balaban J connectivity index is 1.66. The summed E-state index contributed by atoms with van der Waals surface area (Å²) < 4.78 is 57.7. The molecule has 0 radical (unpaired) electrons. The van der Waals surface area contributed by atoms with E-state index in [4.69, 9.17) is 4.74 Å². The van der Waals surface area contributed by atoms with Gasteiger partial charge in [0.25, 0.3) is 0 Å². The van der Waals surface area contributed by atoms with Crippen molar-refractivity contribution in [1.82, 2.24) is 15.0 Å². The molecule has 0 unspecified atom stereocenters. The number of rotatable bonds is 4. The second-order valence-corrected chi connectivity index (χ2v) is 5.74. The van der Waals surface area contributed by atoms with Crippen LogP contribution in [0.3, 0.4) is 0 Å². The van der Waals surface area contributed by atoms with Crippen LogP contribution in [-0.4, -0.2) is 21.0 Å². The van der Waals surface area contributed by atoms with Gasteiger partial charge in [-0.05, 0) is 25.1 Å². The molecule has 3 rings (SSSR count). The van der Waals surface area contributed by atoms with Gasteiger partial charge in [0.15, 0.2) is 0 Å². The Morgan fingerprint density at radius 1 is 1.00 bits per heavy atom. The van der Waals surface area contributed by atoms with Gasteiger partial charge in [-0.15, -0.1) is 0 Å². The first kappa shape index (κ1) is 20.0. The maximum absolute atomic E-state index is 14.2. The minimum Gasteiger partial charge on any atom is -0.457 e. The minimum atomic E-state index is -4.69. The van der Waals surface area contributed by atoms with Crippen molar-refractivity contribution in [2.24, 2.45) is 0 Å². The molecule has 2 heterocycles. The molecular weight excluding hydrogens is 394 g/mol. The van der Waals surface area contributed by atoms with Crippen molar-refractivity contribution in [2.45, 2.75) is 13.1 Å². The number of nitrogens with zero attached hydrogens (tertiary/aromatic N) is 3. The summed E-state index contributed by atoms with van der Waals surface area (Å²) in [5.74, 6) is -0.551. The van der Waals surface area contributed by atoms with E-state index >= 15 is 0 Å². The quantitative estimate of drug-likeness (QED) is 0.608. The number of carbonyl (C=O) groups is 1. The molecule has 150 valence electrons. The molecule has 0 aliphatic rings. The zero-order valence-corrected chi connectivity index (χ0v) is 14.8. The third-order valence-corrected chi connectivity index (χ3v) is 3.49. The number of anilines is 2. The molecule has 2 amide bonds. The smallest absolute Gasteiger partial charge is 0.433 e. The first-order chi connectivity index (χ1) is 13.7. The topological polar surface area (TPSA) is 89.0 Å². The summed E-state index contributed by atoms with van der Waals surface area (Å²) in [6, 6.07) is 6.56. The number of hydrogen-bond donors (Lipinski definition) is 2. The lowest BCUT2D eigenvalue weighted by Crippen LogP contribution is -2.21. The van der Waals surface area contributed by atoms with Crippen molar-refractivity contribution in [1.29, 1.82) is 0 Å². The fraction of sp³-hybridized carbons (Fsp3) is 0.111. The lowest BCUT2D eigenvalue weighted by molar-refractivity contribution is -0.141. The van der Waals surface area contributed by atoms with Crippen LogP contribution in [0.5, 0.6) is 11.5 Å². The molecule has 1 aromatic carbocycles. The monoisotopic (exact) mass is 407 g/mol. The third kappa shape index (κ3) is 5.37. The number of aromatic nitrogens is 3. The molecule has 7 nitrogen and oxygen atoms in total. The van der Waals surface area contributed by atoms with E-state index in [1.807, 2.05) is 0 Å². The number of hydrogen-bond acceptors (Lipinski definition) is 5. The zero-order valence-electron chi connectivity index (χ0n) is 14.8. The molecule has 3 aromatic rings. The largest absolute Gasteiger partial charge is 0.457 e. The Morgan fingerprint density at radius 2 is 1.76 bits per heavy atom. The van der Waals surface area contributed by atoms with Crippen molar-refractivity contribution >= 4 is 17.5 Å². The second-order valence-electron chi connectivity index (χ2n) is 5.74. The fourth-order valence-corrected chi connectivity index (χ4v) is 2.23. The van der Waals surface area contributed by atoms with Gasteiger partial charge in [0.05, 0.1) is 5.69 Å². The molecule has 0 spiro atoms. The highest BCUT2D eigenvalue weighted by Gasteiger charge is 2.32. The number of carbonyl (C=O) groups excluding carboxylic acids is 1. The molecule has 11 heteroatoms. The summed E-state index contributed by atoms with van der Waals surface area (Å²) in [6.45, 7) is 1.77. The van der Waals surface area contributed by atoms with E-state index in [0.29, 0.717) is 18.1 Å². The predicted octanol–water partition coefficient (Wildman–Crippen LogP) is 4.77.